The van der Waals surface area contributed by atoms with Crippen LogP contribution in [-0.4, -0.2) is 79.7 Å². The van der Waals surface area contributed by atoms with Crippen molar-refractivity contribution in [2.45, 2.75) is 90.1 Å². The Kier molecular flexibility index (Phi) is 13.0. The summed E-state index contributed by atoms with van der Waals surface area (Å²) in [5, 5.41) is 17.7. The van der Waals surface area contributed by atoms with Gasteiger partial charge in [0.05, 0.1) is 28.4 Å². The number of nitrogens with zero attached hydrogens (tertiary/aromatic N) is 8. The lowest BCUT2D eigenvalue weighted by atomic mass is 9.80. The third-order valence-electron chi connectivity index (χ3n) is 13.0. The van der Waals surface area contributed by atoms with E-state index >= 15 is 8.78 Å². The van der Waals surface area contributed by atoms with E-state index in [4.69, 9.17) is 4.74 Å². The molecular formula is C46H54F2N10O4S. The Morgan fingerprint density at radius 2 is 1.70 bits per heavy atom. The second-order valence-corrected chi connectivity index (χ2v) is 18.2. The number of nitrogens with one attached hydrogen (secondary N) is 2. The minimum absolute atomic E-state index is 0.00760. The average molecular weight is 881 g/mol. The van der Waals surface area contributed by atoms with Crippen LogP contribution in [0.15, 0.2) is 53.6 Å². The van der Waals surface area contributed by atoms with Gasteiger partial charge < -0.3 is 9.46 Å². The predicted molar refractivity (Wildman–Crippen MR) is 241 cm³/mol. The maximum atomic E-state index is 15.8. The van der Waals surface area contributed by atoms with Crippen molar-refractivity contribution in [2.24, 2.45) is 18.9 Å². The molecular weight excluding hydrogens is 827 g/mol. The molecule has 1 unspecified atom stereocenters. The normalized spacial score (nSPS) is 22.5. The number of aromatic nitrogens is 4. The van der Waals surface area contributed by atoms with Gasteiger partial charge in [0.25, 0.3) is 5.56 Å². The zero-order chi connectivity index (χ0) is 44.5. The molecule has 0 bridgehead atoms. The van der Waals surface area contributed by atoms with Gasteiger partial charge in [-0.1, -0.05) is 27.2 Å². The third-order valence-corrected chi connectivity index (χ3v) is 13.9. The number of rotatable bonds is 10. The number of ether oxygens (including phenoxy) is 1. The van der Waals surface area contributed by atoms with Crippen LogP contribution in [0.4, 0.5) is 25.1 Å². The molecule has 0 radical (unpaired) electrons. The lowest BCUT2D eigenvalue weighted by Crippen LogP contribution is -2.49. The van der Waals surface area contributed by atoms with Crippen molar-refractivity contribution in [3.8, 4) is 17.6 Å². The molecule has 4 heterocycles. The Morgan fingerprint density at radius 1 is 0.968 bits per heavy atom. The van der Waals surface area contributed by atoms with Gasteiger partial charge in [0.15, 0.2) is 17.4 Å². The maximum absolute atomic E-state index is 15.8. The number of fused-ring (bicyclic) bond motifs is 3. The van der Waals surface area contributed by atoms with Crippen LogP contribution in [0.2, 0.25) is 0 Å². The van der Waals surface area contributed by atoms with Crippen LogP contribution < -0.4 is 25.2 Å². The number of urea groups is 1. The molecule has 2 aliphatic heterocycles. The van der Waals surface area contributed by atoms with E-state index in [9.17, 15) is 19.6 Å². The summed E-state index contributed by atoms with van der Waals surface area (Å²) in [7, 11) is 3.68. The first kappa shape index (κ1) is 44.1. The van der Waals surface area contributed by atoms with Gasteiger partial charge in [-0.25, -0.2) is 22.9 Å². The molecule has 3 aromatic carbocycles. The fraction of sp³-hybridized carbons (Fsp3) is 0.478. The van der Waals surface area contributed by atoms with Gasteiger partial charge in [-0.3, -0.25) is 34.0 Å². The molecule has 4 aliphatic rings. The van der Waals surface area contributed by atoms with Crippen LogP contribution in [0.25, 0.3) is 21.8 Å². The number of hydrogen-bond donors (Lipinski definition) is 2. The summed E-state index contributed by atoms with van der Waals surface area (Å²) in [5.74, 6) is 0.0307. The Labute approximate surface area is 369 Å². The number of likely N-dealkylation sites (tertiary alicyclic amines) is 1. The summed E-state index contributed by atoms with van der Waals surface area (Å²) in [6, 6.07) is 12.9. The number of halogens is 2. The minimum atomic E-state index is -0.687. The molecule has 9 rings (SSSR count). The van der Waals surface area contributed by atoms with Gasteiger partial charge >= 0.3 is 6.03 Å². The first-order valence-electron chi connectivity index (χ1n) is 22.0. The van der Waals surface area contributed by atoms with E-state index in [2.05, 4.69) is 44.9 Å². The minimum Gasteiger partial charge on any atom is -0.453 e. The van der Waals surface area contributed by atoms with Crippen LogP contribution in [0.5, 0.6) is 11.5 Å². The van der Waals surface area contributed by atoms with Gasteiger partial charge in [-0.15, -0.1) is 0 Å². The fourth-order valence-electron chi connectivity index (χ4n) is 9.74. The smallest absolute Gasteiger partial charge is 0.329 e. The molecule has 2 aliphatic carbocycles. The second-order valence-electron chi connectivity index (χ2n) is 17.2. The number of hydrogen-bond acceptors (Lipinski definition) is 11. The molecule has 14 nitrogen and oxygen atoms in total. The highest BCUT2D eigenvalue weighted by Gasteiger charge is 2.44. The summed E-state index contributed by atoms with van der Waals surface area (Å²) in [6.45, 7) is 9.12. The summed E-state index contributed by atoms with van der Waals surface area (Å²) in [4.78, 5) is 46.8. The van der Waals surface area contributed by atoms with Crippen molar-refractivity contribution in [2.75, 3.05) is 42.8 Å². The average Bonchev–Trinajstić information content (AvgIpc) is 3.96. The summed E-state index contributed by atoms with van der Waals surface area (Å²) >= 11 is 1.28. The first-order valence-corrected chi connectivity index (χ1v) is 22.7. The Balaban J connectivity index is 0.00000177. The lowest BCUT2D eigenvalue weighted by Gasteiger charge is -2.35. The van der Waals surface area contributed by atoms with Gasteiger partial charge in [-0.2, -0.15) is 10.4 Å². The number of amides is 3. The number of carbonyl (C=O) groups is 2. The van der Waals surface area contributed by atoms with Crippen LogP contribution >= 0.6 is 12.1 Å². The van der Waals surface area contributed by atoms with E-state index in [0.717, 1.165) is 63.7 Å². The van der Waals surface area contributed by atoms with E-state index in [0.29, 0.717) is 51.2 Å². The van der Waals surface area contributed by atoms with Crippen molar-refractivity contribution in [1.29, 1.82) is 5.26 Å². The van der Waals surface area contributed by atoms with E-state index in [1.165, 1.54) is 41.7 Å². The molecule has 3 atom stereocenters. The molecule has 2 saturated heterocycles. The SMILES string of the molecule is CCC.CCN(C)SNc1ccc(F)c(Oc2ccc3ncn(C4C[C@@H]5CN(C6CCC(c7cc8c(cc7F)c(N7CCC(=O)NC7=O)nn8C)CC6)C[C@@H]5C4)c(=O)c3c2)c1C#N. The van der Waals surface area contributed by atoms with Gasteiger partial charge in [0.2, 0.25) is 5.91 Å². The van der Waals surface area contributed by atoms with Crippen LogP contribution in [0.1, 0.15) is 95.2 Å². The lowest BCUT2D eigenvalue weighted by molar-refractivity contribution is -0.120. The van der Waals surface area contributed by atoms with Gasteiger partial charge in [0, 0.05) is 69.3 Å². The Hall–Kier alpha value is -5.57. The second kappa shape index (κ2) is 18.6. The van der Waals surface area contributed by atoms with E-state index < -0.39 is 11.8 Å². The van der Waals surface area contributed by atoms with Crippen LogP contribution in [0.3, 0.4) is 0 Å². The van der Waals surface area contributed by atoms with Crippen molar-refractivity contribution < 1.29 is 23.1 Å². The zero-order valence-corrected chi connectivity index (χ0v) is 37.2. The standard InChI is InChI=1S/C43H46F2N10O4S.C3H8/c1-4-51(2)60-50-37-12-10-34(44)40(33(37)20-46)59-29-9-11-36-31(17-29)42(57)55(23-47-36)28-15-25-21-53(22-26(25)16-28)27-7-5-24(6-8-27)30-19-38-32(18-35(30)45)41(49-52(38)3)54-14-13-39(56)48-43(54)58;1-3-2/h9-12,17-19,23-28,50H,4-8,13-16,21-22H2,1-3H3,(H,48,56,58);3H2,1-2H3/t24?,25-,26+,27?,28?;. The third kappa shape index (κ3) is 8.85. The number of aryl methyl sites for hydroxylation is 1. The number of imide groups is 1. The highest BCUT2D eigenvalue weighted by atomic mass is 32.2. The molecule has 2 saturated carbocycles. The van der Waals surface area contributed by atoms with Crippen molar-refractivity contribution in [1.82, 2.24) is 33.9 Å². The summed E-state index contributed by atoms with van der Waals surface area (Å²) in [5.41, 5.74) is 2.20. The topological polar surface area (TPSA) is 154 Å². The van der Waals surface area contributed by atoms with Crippen LogP contribution in [-0.2, 0) is 11.8 Å². The maximum Gasteiger partial charge on any atom is 0.329 e. The number of carbonyl (C=O) groups excluding carboxylic acids is 2. The first-order chi connectivity index (χ1) is 30.4. The quantitative estimate of drug-likeness (QED) is 0.130. The largest absolute Gasteiger partial charge is 0.453 e. The van der Waals surface area contributed by atoms with Crippen molar-refractivity contribution >= 4 is 57.4 Å². The van der Waals surface area contributed by atoms with Crippen molar-refractivity contribution in [3.63, 3.8) is 0 Å². The monoisotopic (exact) mass is 880 g/mol. The molecule has 332 valence electrons. The Morgan fingerprint density at radius 3 is 2.38 bits per heavy atom. The van der Waals surface area contributed by atoms with E-state index in [1.807, 2.05) is 24.3 Å². The molecule has 4 fully saturated rings. The van der Waals surface area contributed by atoms with Gasteiger partial charge in [0.1, 0.15) is 23.2 Å². The molecule has 2 N–H and O–H groups in total. The zero-order valence-electron chi connectivity index (χ0n) is 36.4. The Bertz CT molecular complexity index is 2630. The molecule has 63 heavy (non-hydrogen) atoms. The molecule has 17 heteroatoms. The highest BCUT2D eigenvalue weighted by Crippen LogP contribution is 2.47. The van der Waals surface area contributed by atoms with Crippen LogP contribution in [0, 0.1) is 34.8 Å². The molecule has 2 aromatic heterocycles. The predicted octanol–water partition coefficient (Wildman–Crippen LogP) is 8.62. The molecule has 3 amide bonds. The number of nitriles is 1. The van der Waals surface area contributed by atoms with E-state index in [-0.39, 0.29) is 59.3 Å². The van der Waals surface area contributed by atoms with Crippen molar-refractivity contribution in [3.05, 3.63) is 81.9 Å². The molecule has 5 aromatic rings. The summed E-state index contributed by atoms with van der Waals surface area (Å²) in [6.07, 6.45) is 8.47. The van der Waals surface area contributed by atoms with Gasteiger partial charge in [-0.05, 0) is 111 Å². The fourth-order valence-corrected chi connectivity index (χ4v) is 10.3. The highest BCUT2D eigenvalue weighted by molar-refractivity contribution is 7.98. The van der Waals surface area contributed by atoms with E-state index in [1.54, 1.807) is 40.8 Å². The number of benzene rings is 3. The number of anilines is 2. The molecule has 0 spiro atoms. The summed E-state index contributed by atoms with van der Waals surface area (Å²) < 4.78 is 45.3.